The Balaban J connectivity index is 1.23. The van der Waals surface area contributed by atoms with Gasteiger partial charge in [-0.15, -0.1) is 0 Å². The van der Waals surface area contributed by atoms with Gasteiger partial charge in [0, 0.05) is 48.3 Å². The molecule has 1 spiro atoms. The molecule has 2 atom stereocenters. The van der Waals surface area contributed by atoms with E-state index in [1.54, 1.807) is 0 Å². The first-order valence-corrected chi connectivity index (χ1v) is 10.8. The van der Waals surface area contributed by atoms with Gasteiger partial charge in [0.15, 0.2) is 5.79 Å². The Morgan fingerprint density at radius 1 is 1.07 bits per heavy atom. The predicted molar refractivity (Wildman–Crippen MR) is 108 cm³/mol. The van der Waals surface area contributed by atoms with Gasteiger partial charge in [0.1, 0.15) is 5.82 Å². The van der Waals surface area contributed by atoms with Crippen LogP contribution in [0, 0.1) is 19.8 Å². The average molecular weight is 396 g/mol. The Hall–Kier alpha value is -2.05. The zero-order chi connectivity index (χ0) is 19.8. The molecular weight excluding hydrogens is 366 g/mol. The largest absolute Gasteiger partial charge is 0.477 e. The maximum atomic E-state index is 6.25. The second kappa shape index (κ2) is 7.65. The highest BCUT2D eigenvalue weighted by Gasteiger charge is 2.42. The van der Waals surface area contributed by atoms with Crippen LogP contribution in [0.2, 0.25) is 0 Å². The van der Waals surface area contributed by atoms with Gasteiger partial charge in [-0.05, 0) is 50.7 Å². The van der Waals surface area contributed by atoms with Gasteiger partial charge < -0.3 is 14.2 Å². The molecule has 29 heavy (non-hydrogen) atoms. The summed E-state index contributed by atoms with van der Waals surface area (Å²) in [6, 6.07) is 4.28. The summed E-state index contributed by atoms with van der Waals surface area (Å²) in [7, 11) is 0. The van der Waals surface area contributed by atoms with Crippen molar-refractivity contribution in [2.45, 2.75) is 63.6 Å². The van der Waals surface area contributed by atoms with Gasteiger partial charge in [0.05, 0.1) is 19.8 Å². The Kier molecular flexibility index (Phi) is 5.00. The summed E-state index contributed by atoms with van der Waals surface area (Å²) in [5.74, 6) is 2.60. The van der Waals surface area contributed by atoms with Crippen LogP contribution >= 0.6 is 0 Å². The Bertz CT molecular complexity index is 854. The standard InChI is InChI=1S/C23H29N3O3/c1-15-3-4-21(25-12-15)19-11-18(19)14-27-22-20(13-24-16(2)26-22)17-5-7-23(8-6-17)28-9-10-29-23/h3-4,12-13,17-19H,5-11,14H2,1-2H3/t18-,19?/m1/s1. The van der Waals surface area contributed by atoms with Crippen molar-refractivity contribution in [1.29, 1.82) is 0 Å². The number of pyridine rings is 1. The molecule has 2 saturated carbocycles. The van der Waals surface area contributed by atoms with E-state index in [1.165, 1.54) is 11.3 Å². The van der Waals surface area contributed by atoms with Gasteiger partial charge in [0.2, 0.25) is 5.88 Å². The number of hydrogen-bond donors (Lipinski definition) is 0. The van der Waals surface area contributed by atoms with Gasteiger partial charge in [-0.25, -0.2) is 4.98 Å². The van der Waals surface area contributed by atoms with E-state index in [4.69, 9.17) is 14.2 Å². The zero-order valence-electron chi connectivity index (χ0n) is 17.3. The molecule has 6 heteroatoms. The number of aromatic nitrogens is 3. The summed E-state index contributed by atoms with van der Waals surface area (Å²) in [5.41, 5.74) is 3.51. The molecule has 2 aliphatic carbocycles. The molecule has 0 amide bonds. The van der Waals surface area contributed by atoms with E-state index in [1.807, 2.05) is 19.3 Å². The van der Waals surface area contributed by atoms with Crippen LogP contribution in [-0.2, 0) is 9.47 Å². The van der Waals surface area contributed by atoms with Crippen LogP contribution in [0.3, 0.4) is 0 Å². The van der Waals surface area contributed by atoms with E-state index in [0.29, 0.717) is 37.6 Å². The van der Waals surface area contributed by atoms with Gasteiger partial charge in [0.25, 0.3) is 0 Å². The first-order chi connectivity index (χ1) is 14.1. The lowest BCUT2D eigenvalue weighted by Crippen LogP contribution is -2.34. The topological polar surface area (TPSA) is 66.4 Å². The Morgan fingerprint density at radius 2 is 1.86 bits per heavy atom. The molecule has 1 aliphatic heterocycles. The molecule has 3 aliphatic rings. The van der Waals surface area contributed by atoms with Crippen LogP contribution in [0.5, 0.6) is 5.88 Å². The second-order valence-electron chi connectivity index (χ2n) is 8.73. The van der Waals surface area contributed by atoms with Gasteiger partial charge in [-0.1, -0.05) is 6.07 Å². The fourth-order valence-corrected chi connectivity index (χ4v) is 4.69. The van der Waals surface area contributed by atoms with Crippen LogP contribution in [0.15, 0.2) is 24.5 Å². The third-order valence-electron chi connectivity index (χ3n) is 6.57. The molecule has 0 aromatic carbocycles. The molecule has 1 saturated heterocycles. The summed E-state index contributed by atoms with van der Waals surface area (Å²) in [6.07, 6.45) is 8.93. The normalized spacial score (nSPS) is 26.0. The predicted octanol–water partition coefficient (Wildman–Crippen LogP) is 4.07. The summed E-state index contributed by atoms with van der Waals surface area (Å²) < 4.78 is 18.0. The highest BCUT2D eigenvalue weighted by molar-refractivity contribution is 5.29. The molecule has 2 aromatic rings. The third-order valence-corrected chi connectivity index (χ3v) is 6.57. The minimum Gasteiger partial charge on any atom is -0.477 e. The maximum Gasteiger partial charge on any atom is 0.220 e. The molecule has 5 rings (SSSR count). The lowest BCUT2D eigenvalue weighted by Gasteiger charge is -2.35. The van der Waals surface area contributed by atoms with Crippen molar-refractivity contribution in [2.24, 2.45) is 5.92 Å². The van der Waals surface area contributed by atoms with Crippen molar-refractivity contribution < 1.29 is 14.2 Å². The van der Waals surface area contributed by atoms with E-state index in [9.17, 15) is 0 Å². The molecular formula is C23H29N3O3. The van der Waals surface area contributed by atoms with E-state index in [2.05, 4.69) is 34.0 Å². The molecule has 3 heterocycles. The molecule has 3 fully saturated rings. The minimum atomic E-state index is -0.342. The van der Waals surface area contributed by atoms with Crippen LogP contribution in [0.1, 0.15) is 66.6 Å². The quantitative estimate of drug-likeness (QED) is 0.760. The average Bonchev–Trinajstić information content (AvgIpc) is 3.38. The van der Waals surface area contributed by atoms with E-state index in [0.717, 1.165) is 49.4 Å². The number of nitrogens with zero attached hydrogens (tertiary/aromatic N) is 3. The van der Waals surface area contributed by atoms with Crippen LogP contribution < -0.4 is 4.74 Å². The molecule has 154 valence electrons. The summed E-state index contributed by atoms with van der Waals surface area (Å²) in [5, 5.41) is 0. The molecule has 1 unspecified atom stereocenters. The van der Waals surface area contributed by atoms with Crippen molar-refractivity contribution in [1.82, 2.24) is 15.0 Å². The van der Waals surface area contributed by atoms with Crippen molar-refractivity contribution in [3.05, 3.63) is 47.2 Å². The Morgan fingerprint density at radius 3 is 2.59 bits per heavy atom. The monoisotopic (exact) mass is 395 g/mol. The number of rotatable bonds is 5. The lowest BCUT2D eigenvalue weighted by atomic mass is 9.81. The smallest absolute Gasteiger partial charge is 0.220 e. The lowest BCUT2D eigenvalue weighted by molar-refractivity contribution is -0.178. The fraction of sp³-hybridized carbons (Fsp3) is 0.609. The van der Waals surface area contributed by atoms with E-state index >= 15 is 0 Å². The van der Waals surface area contributed by atoms with Crippen molar-refractivity contribution in [3.8, 4) is 5.88 Å². The van der Waals surface area contributed by atoms with Crippen molar-refractivity contribution in [2.75, 3.05) is 19.8 Å². The van der Waals surface area contributed by atoms with Gasteiger partial charge >= 0.3 is 0 Å². The summed E-state index contributed by atoms with van der Waals surface area (Å²) in [4.78, 5) is 13.7. The maximum absolute atomic E-state index is 6.25. The number of hydrogen-bond acceptors (Lipinski definition) is 6. The third kappa shape index (κ3) is 4.01. The SMILES string of the molecule is Cc1ccc(C2C[C@@H]2COc2nc(C)ncc2C2CCC3(CC2)OCCO3)nc1. The Labute approximate surface area is 172 Å². The van der Waals surface area contributed by atoms with E-state index in [-0.39, 0.29) is 5.79 Å². The second-order valence-corrected chi connectivity index (χ2v) is 8.73. The molecule has 6 nitrogen and oxygen atoms in total. The van der Waals surface area contributed by atoms with Crippen LogP contribution in [0.4, 0.5) is 0 Å². The fourth-order valence-electron chi connectivity index (χ4n) is 4.69. The van der Waals surface area contributed by atoms with Crippen LogP contribution in [-0.4, -0.2) is 40.6 Å². The number of ether oxygens (including phenoxy) is 3. The zero-order valence-corrected chi connectivity index (χ0v) is 17.3. The van der Waals surface area contributed by atoms with Crippen molar-refractivity contribution >= 4 is 0 Å². The molecule has 0 N–H and O–H groups in total. The highest BCUT2D eigenvalue weighted by Crippen LogP contribution is 2.48. The van der Waals surface area contributed by atoms with Crippen LogP contribution in [0.25, 0.3) is 0 Å². The molecule has 0 bridgehead atoms. The van der Waals surface area contributed by atoms with Crippen molar-refractivity contribution in [3.63, 3.8) is 0 Å². The molecule has 2 aromatic heterocycles. The summed E-state index contributed by atoms with van der Waals surface area (Å²) in [6.45, 7) is 6.10. The number of aryl methyl sites for hydroxylation is 2. The first kappa shape index (κ1) is 18.9. The molecule has 0 radical (unpaired) electrons. The van der Waals surface area contributed by atoms with Gasteiger partial charge in [-0.3, -0.25) is 4.98 Å². The summed E-state index contributed by atoms with van der Waals surface area (Å²) >= 11 is 0. The minimum absolute atomic E-state index is 0.342. The van der Waals surface area contributed by atoms with E-state index < -0.39 is 0 Å². The first-order valence-electron chi connectivity index (χ1n) is 10.8. The highest BCUT2D eigenvalue weighted by atomic mass is 16.7. The van der Waals surface area contributed by atoms with Gasteiger partial charge in [-0.2, -0.15) is 4.98 Å².